The number of imidazole rings is 1. The van der Waals surface area contributed by atoms with E-state index in [2.05, 4.69) is 15.3 Å². The fourth-order valence-electron chi connectivity index (χ4n) is 4.15. The summed E-state index contributed by atoms with van der Waals surface area (Å²) in [5, 5.41) is 3.66. The van der Waals surface area contributed by atoms with Gasteiger partial charge in [0.25, 0.3) is 0 Å². The molecule has 0 radical (unpaired) electrons. The Kier molecular flexibility index (Phi) is 2.76. The van der Waals surface area contributed by atoms with Crippen LogP contribution >= 0.6 is 11.3 Å². The van der Waals surface area contributed by atoms with Gasteiger partial charge in [-0.05, 0) is 31.6 Å². The van der Waals surface area contributed by atoms with Crippen LogP contribution in [-0.2, 0) is 16.6 Å². The number of amides is 1. The summed E-state index contributed by atoms with van der Waals surface area (Å²) in [7, 11) is 1.96. The zero-order chi connectivity index (χ0) is 15.7. The van der Waals surface area contributed by atoms with Crippen molar-refractivity contribution in [2.75, 3.05) is 5.32 Å². The van der Waals surface area contributed by atoms with Crippen LogP contribution in [0.1, 0.15) is 18.5 Å². The summed E-state index contributed by atoms with van der Waals surface area (Å²) >= 11 is 1.48. The molecule has 3 aliphatic rings. The number of carbonyl (C=O) groups is 1. The summed E-state index contributed by atoms with van der Waals surface area (Å²) in [5.41, 5.74) is 0.894. The average Bonchev–Trinajstić information content (AvgIpc) is 2.84. The van der Waals surface area contributed by atoms with Gasteiger partial charge in [0.2, 0.25) is 5.91 Å². The molecule has 1 saturated carbocycles. The van der Waals surface area contributed by atoms with Crippen LogP contribution in [-0.4, -0.2) is 32.7 Å². The number of nitrogens with zero attached hydrogens (tertiary/aromatic N) is 3. The molecule has 1 N–H and O–H groups in total. The van der Waals surface area contributed by atoms with Crippen LogP contribution in [0.4, 0.5) is 5.13 Å². The number of fused-ring (bicyclic) bond motifs is 5. The first-order valence-corrected chi connectivity index (χ1v) is 8.85. The number of carbonyl (C=O) groups excluding carboxylic acids is 1. The van der Waals surface area contributed by atoms with E-state index in [9.17, 15) is 4.79 Å². The second-order valence-corrected chi connectivity index (χ2v) is 7.83. The van der Waals surface area contributed by atoms with Crippen LogP contribution in [0.25, 0.3) is 10.7 Å². The lowest BCUT2D eigenvalue weighted by molar-refractivity contribution is -0.121. The Morgan fingerprint density at radius 2 is 2.30 bits per heavy atom. The third-order valence-electron chi connectivity index (χ3n) is 5.39. The summed E-state index contributed by atoms with van der Waals surface area (Å²) < 4.78 is 7.88. The van der Waals surface area contributed by atoms with Crippen LogP contribution in [0.15, 0.2) is 12.4 Å². The lowest BCUT2D eigenvalue weighted by Gasteiger charge is -2.16. The molecule has 2 bridgehead atoms. The van der Waals surface area contributed by atoms with Gasteiger partial charge in [0, 0.05) is 19.4 Å². The Morgan fingerprint density at radius 3 is 3.00 bits per heavy atom. The smallest absolute Gasteiger partial charge is 0.232 e. The molecule has 3 fully saturated rings. The Bertz CT molecular complexity index is 798. The summed E-state index contributed by atoms with van der Waals surface area (Å²) in [6.07, 6.45) is 6.26. The van der Waals surface area contributed by atoms with Crippen LogP contribution in [0.2, 0.25) is 0 Å². The van der Waals surface area contributed by atoms with E-state index in [-0.39, 0.29) is 17.9 Å². The summed E-state index contributed by atoms with van der Waals surface area (Å²) in [6.45, 7) is 1.95. The first-order chi connectivity index (χ1) is 11.1. The topological polar surface area (TPSA) is 69.0 Å². The molecule has 7 heteroatoms. The van der Waals surface area contributed by atoms with Crippen molar-refractivity contribution in [3.05, 3.63) is 18.1 Å². The summed E-state index contributed by atoms with van der Waals surface area (Å²) in [4.78, 5) is 22.5. The third kappa shape index (κ3) is 1.99. The SMILES string of the molecule is Cc1nc(NC(=O)[C@@H]2C[C@@H]3O[C@H]2[C@H]2C[C@H]23)sc1-c1nccn1C. The lowest BCUT2D eigenvalue weighted by atomic mass is 9.88. The molecule has 2 aromatic rings. The molecule has 6 nitrogen and oxygen atoms in total. The molecular formula is C16H18N4O2S. The second-order valence-electron chi connectivity index (χ2n) is 6.83. The molecule has 2 aromatic heterocycles. The zero-order valence-corrected chi connectivity index (χ0v) is 13.8. The Balaban J connectivity index is 1.35. The molecular weight excluding hydrogens is 312 g/mol. The number of aryl methyl sites for hydroxylation is 2. The van der Waals surface area contributed by atoms with Gasteiger partial charge in [0.05, 0.1) is 28.7 Å². The van der Waals surface area contributed by atoms with E-state index in [1.165, 1.54) is 17.8 Å². The quantitative estimate of drug-likeness (QED) is 0.937. The Labute approximate surface area is 137 Å². The van der Waals surface area contributed by atoms with Gasteiger partial charge in [0.15, 0.2) is 11.0 Å². The average molecular weight is 330 g/mol. The first kappa shape index (κ1) is 13.7. The van der Waals surface area contributed by atoms with Crippen molar-refractivity contribution in [1.82, 2.24) is 14.5 Å². The van der Waals surface area contributed by atoms with Crippen molar-refractivity contribution in [1.29, 1.82) is 0 Å². The van der Waals surface area contributed by atoms with Crippen molar-refractivity contribution in [3.63, 3.8) is 0 Å². The lowest BCUT2D eigenvalue weighted by Crippen LogP contribution is -2.32. The zero-order valence-electron chi connectivity index (χ0n) is 13.0. The Hall–Kier alpha value is -1.73. The highest BCUT2D eigenvalue weighted by molar-refractivity contribution is 7.19. The van der Waals surface area contributed by atoms with Crippen LogP contribution in [0, 0.1) is 24.7 Å². The molecule has 2 aliphatic heterocycles. The molecule has 2 saturated heterocycles. The van der Waals surface area contributed by atoms with E-state index in [1.54, 1.807) is 6.20 Å². The number of ether oxygens (including phenoxy) is 1. The van der Waals surface area contributed by atoms with Crippen LogP contribution < -0.4 is 5.32 Å². The van der Waals surface area contributed by atoms with Crippen molar-refractivity contribution < 1.29 is 9.53 Å². The molecule has 120 valence electrons. The largest absolute Gasteiger partial charge is 0.374 e. The van der Waals surface area contributed by atoms with Crippen molar-refractivity contribution in [3.8, 4) is 10.7 Å². The van der Waals surface area contributed by atoms with Crippen LogP contribution in [0.5, 0.6) is 0 Å². The monoisotopic (exact) mass is 330 g/mol. The molecule has 23 heavy (non-hydrogen) atoms. The maximum Gasteiger partial charge on any atom is 0.232 e. The second kappa shape index (κ2) is 4.64. The van der Waals surface area contributed by atoms with Crippen molar-refractivity contribution in [2.45, 2.75) is 32.0 Å². The number of aromatic nitrogens is 3. The molecule has 5 atom stereocenters. The molecule has 1 amide bonds. The summed E-state index contributed by atoms with van der Waals surface area (Å²) in [6, 6.07) is 0. The number of rotatable bonds is 3. The number of anilines is 1. The standard InChI is InChI=1S/C16H18N4O2S/c1-7-13(14-17-3-4-20(14)2)23-16(18-7)19-15(21)10-6-11-8-5-9(8)12(10)22-11/h3-4,8-12H,5-6H2,1-2H3,(H,18,19,21)/t8-,9+,10-,11+,12+/m1/s1. The van der Waals surface area contributed by atoms with E-state index in [4.69, 9.17) is 4.74 Å². The summed E-state index contributed by atoms with van der Waals surface area (Å²) in [5.74, 6) is 2.30. The van der Waals surface area contributed by atoms with Crippen LogP contribution in [0.3, 0.4) is 0 Å². The molecule has 0 spiro atoms. The molecule has 0 unspecified atom stereocenters. The van der Waals surface area contributed by atoms with E-state index in [1.807, 2.05) is 24.7 Å². The maximum absolute atomic E-state index is 12.6. The van der Waals surface area contributed by atoms with Gasteiger partial charge in [-0.2, -0.15) is 0 Å². The van der Waals surface area contributed by atoms with Gasteiger partial charge in [-0.1, -0.05) is 11.3 Å². The van der Waals surface area contributed by atoms with Gasteiger partial charge in [-0.3, -0.25) is 4.79 Å². The van der Waals surface area contributed by atoms with Crippen molar-refractivity contribution in [2.24, 2.45) is 24.8 Å². The van der Waals surface area contributed by atoms with Crippen molar-refractivity contribution >= 4 is 22.4 Å². The van der Waals surface area contributed by atoms with Gasteiger partial charge in [-0.25, -0.2) is 9.97 Å². The Morgan fingerprint density at radius 1 is 1.43 bits per heavy atom. The molecule has 4 heterocycles. The van der Waals surface area contributed by atoms with Gasteiger partial charge >= 0.3 is 0 Å². The molecule has 0 aromatic carbocycles. The maximum atomic E-state index is 12.6. The number of hydrogen-bond acceptors (Lipinski definition) is 5. The minimum absolute atomic E-state index is 0.00966. The van der Waals surface area contributed by atoms with E-state index in [0.29, 0.717) is 17.2 Å². The van der Waals surface area contributed by atoms with E-state index < -0.39 is 0 Å². The fourth-order valence-corrected chi connectivity index (χ4v) is 5.16. The number of hydrogen-bond donors (Lipinski definition) is 1. The number of thiazole rings is 1. The highest BCUT2D eigenvalue weighted by atomic mass is 32.1. The van der Waals surface area contributed by atoms with Gasteiger partial charge < -0.3 is 14.6 Å². The minimum Gasteiger partial charge on any atom is -0.374 e. The fraction of sp³-hybridized carbons (Fsp3) is 0.562. The van der Waals surface area contributed by atoms with Gasteiger partial charge in [0.1, 0.15) is 0 Å². The normalized spacial score (nSPS) is 33.7. The number of nitrogens with one attached hydrogen (secondary N) is 1. The van der Waals surface area contributed by atoms with E-state index in [0.717, 1.165) is 28.7 Å². The van der Waals surface area contributed by atoms with Gasteiger partial charge in [-0.15, -0.1) is 0 Å². The molecule has 1 aliphatic carbocycles. The molecule has 5 rings (SSSR count). The van der Waals surface area contributed by atoms with E-state index >= 15 is 0 Å². The first-order valence-electron chi connectivity index (χ1n) is 8.03. The highest BCUT2D eigenvalue weighted by Crippen LogP contribution is 2.60. The third-order valence-corrected chi connectivity index (χ3v) is 6.46. The highest BCUT2D eigenvalue weighted by Gasteiger charge is 2.64. The minimum atomic E-state index is -0.00966. The predicted octanol–water partition coefficient (Wildman–Crippen LogP) is 2.21. The predicted molar refractivity (Wildman–Crippen MR) is 86.0 cm³/mol.